The zero-order chi connectivity index (χ0) is 14.5. The fourth-order valence-corrected chi connectivity index (χ4v) is 2.01. The van der Waals surface area contributed by atoms with Crippen molar-refractivity contribution in [1.29, 1.82) is 0 Å². The molecular formula is C14H18N4OS. The highest BCUT2D eigenvalue weighted by atomic mass is 32.1. The van der Waals surface area contributed by atoms with E-state index in [1.54, 1.807) is 7.11 Å². The predicted octanol–water partition coefficient (Wildman–Crippen LogP) is 3.03. The Morgan fingerprint density at radius 1 is 1.35 bits per heavy atom. The van der Waals surface area contributed by atoms with Crippen LogP contribution in [-0.4, -0.2) is 22.0 Å². The molecule has 0 fully saturated rings. The molecule has 0 amide bonds. The second kappa shape index (κ2) is 6.38. The van der Waals surface area contributed by atoms with Gasteiger partial charge in [0.25, 0.3) is 0 Å². The van der Waals surface area contributed by atoms with E-state index >= 15 is 0 Å². The van der Waals surface area contributed by atoms with Crippen LogP contribution in [0.4, 0.5) is 11.5 Å². The SMILES string of the molecule is CCn1ccc(NC(=S)Nc2cc(C)ccc2OC)n1. The number of methoxy groups -OCH3 is 1. The molecule has 20 heavy (non-hydrogen) atoms. The molecule has 1 aromatic carbocycles. The minimum atomic E-state index is 0.482. The summed E-state index contributed by atoms with van der Waals surface area (Å²) in [5.41, 5.74) is 1.96. The topological polar surface area (TPSA) is 51.1 Å². The van der Waals surface area contributed by atoms with Crippen molar-refractivity contribution in [1.82, 2.24) is 9.78 Å². The second-order valence-electron chi connectivity index (χ2n) is 4.34. The molecule has 2 rings (SSSR count). The zero-order valence-electron chi connectivity index (χ0n) is 11.8. The Bertz CT molecular complexity index is 609. The molecule has 1 heterocycles. The fourth-order valence-electron chi connectivity index (χ4n) is 1.79. The van der Waals surface area contributed by atoms with Crippen LogP contribution in [-0.2, 0) is 6.54 Å². The van der Waals surface area contributed by atoms with Crippen molar-refractivity contribution < 1.29 is 4.74 Å². The van der Waals surface area contributed by atoms with E-state index < -0.39 is 0 Å². The number of hydrogen-bond donors (Lipinski definition) is 2. The molecule has 0 radical (unpaired) electrons. The molecule has 5 nitrogen and oxygen atoms in total. The molecule has 0 spiro atoms. The standard InChI is InChI=1S/C14H18N4OS/c1-4-18-8-7-13(17-18)16-14(20)15-11-9-10(2)5-6-12(11)19-3/h5-9H,4H2,1-3H3,(H2,15,16,17,20). The Morgan fingerprint density at radius 2 is 2.15 bits per heavy atom. The summed E-state index contributed by atoms with van der Waals surface area (Å²) < 4.78 is 7.13. The highest BCUT2D eigenvalue weighted by Gasteiger charge is 2.06. The van der Waals surface area contributed by atoms with E-state index in [9.17, 15) is 0 Å². The molecule has 106 valence electrons. The van der Waals surface area contributed by atoms with Crippen LogP contribution >= 0.6 is 12.2 Å². The molecule has 0 unspecified atom stereocenters. The van der Waals surface area contributed by atoms with Gasteiger partial charge in [0, 0.05) is 18.8 Å². The van der Waals surface area contributed by atoms with Gasteiger partial charge in [0.1, 0.15) is 5.75 Å². The highest BCUT2D eigenvalue weighted by Crippen LogP contribution is 2.25. The average Bonchev–Trinajstić information content (AvgIpc) is 2.86. The maximum absolute atomic E-state index is 5.30. The van der Waals surface area contributed by atoms with Gasteiger partial charge >= 0.3 is 0 Å². The molecule has 0 aliphatic heterocycles. The van der Waals surface area contributed by atoms with Gasteiger partial charge in [-0.3, -0.25) is 4.68 Å². The van der Waals surface area contributed by atoms with Gasteiger partial charge in [-0.05, 0) is 43.8 Å². The van der Waals surface area contributed by atoms with Gasteiger partial charge in [-0.25, -0.2) is 0 Å². The Balaban J connectivity index is 2.06. The Kier molecular flexibility index (Phi) is 4.57. The maximum Gasteiger partial charge on any atom is 0.176 e. The lowest BCUT2D eigenvalue weighted by atomic mass is 10.2. The minimum Gasteiger partial charge on any atom is -0.495 e. The first-order valence-corrected chi connectivity index (χ1v) is 6.79. The number of nitrogens with zero attached hydrogens (tertiary/aromatic N) is 2. The Morgan fingerprint density at radius 3 is 2.80 bits per heavy atom. The van der Waals surface area contributed by atoms with E-state index in [-0.39, 0.29) is 0 Å². The lowest BCUT2D eigenvalue weighted by Crippen LogP contribution is -2.20. The van der Waals surface area contributed by atoms with Gasteiger partial charge < -0.3 is 15.4 Å². The van der Waals surface area contributed by atoms with Crippen LogP contribution < -0.4 is 15.4 Å². The summed E-state index contributed by atoms with van der Waals surface area (Å²) >= 11 is 5.29. The van der Waals surface area contributed by atoms with Crippen molar-refractivity contribution in [2.24, 2.45) is 0 Å². The Labute approximate surface area is 123 Å². The summed E-state index contributed by atoms with van der Waals surface area (Å²) in [5.74, 6) is 1.47. The largest absolute Gasteiger partial charge is 0.495 e. The van der Waals surface area contributed by atoms with Gasteiger partial charge in [0.2, 0.25) is 0 Å². The monoisotopic (exact) mass is 290 g/mol. The Hall–Kier alpha value is -2.08. The molecule has 2 aromatic rings. The van der Waals surface area contributed by atoms with E-state index in [0.29, 0.717) is 5.11 Å². The van der Waals surface area contributed by atoms with Crippen molar-refractivity contribution in [2.45, 2.75) is 20.4 Å². The smallest absolute Gasteiger partial charge is 0.176 e. The third kappa shape index (κ3) is 3.48. The average molecular weight is 290 g/mol. The van der Waals surface area contributed by atoms with Crippen LogP contribution in [0.1, 0.15) is 12.5 Å². The van der Waals surface area contributed by atoms with Crippen molar-refractivity contribution >= 4 is 28.8 Å². The summed E-state index contributed by atoms with van der Waals surface area (Å²) in [6.45, 7) is 4.88. The molecule has 0 atom stereocenters. The van der Waals surface area contributed by atoms with Crippen molar-refractivity contribution in [2.75, 3.05) is 17.7 Å². The summed E-state index contributed by atoms with van der Waals surface area (Å²) in [5, 5.41) is 11.0. The molecule has 0 saturated carbocycles. The van der Waals surface area contributed by atoms with Gasteiger partial charge in [0.05, 0.1) is 12.8 Å². The van der Waals surface area contributed by atoms with E-state index in [4.69, 9.17) is 17.0 Å². The first kappa shape index (κ1) is 14.3. The lowest BCUT2D eigenvalue weighted by molar-refractivity contribution is 0.417. The van der Waals surface area contributed by atoms with Crippen LogP contribution in [0.15, 0.2) is 30.5 Å². The normalized spacial score (nSPS) is 10.2. The van der Waals surface area contributed by atoms with Gasteiger partial charge in [0.15, 0.2) is 10.9 Å². The minimum absolute atomic E-state index is 0.482. The number of rotatable bonds is 4. The van der Waals surface area contributed by atoms with Crippen LogP contribution in [0.25, 0.3) is 0 Å². The van der Waals surface area contributed by atoms with Crippen LogP contribution in [0, 0.1) is 6.92 Å². The van der Waals surface area contributed by atoms with Gasteiger partial charge in [-0.2, -0.15) is 5.10 Å². The molecule has 0 aliphatic rings. The van der Waals surface area contributed by atoms with Crippen molar-refractivity contribution in [3.8, 4) is 5.75 Å². The number of ether oxygens (including phenoxy) is 1. The van der Waals surface area contributed by atoms with Gasteiger partial charge in [-0.15, -0.1) is 0 Å². The molecule has 0 saturated heterocycles. The van der Waals surface area contributed by atoms with Crippen LogP contribution in [0.5, 0.6) is 5.75 Å². The molecule has 1 aromatic heterocycles. The lowest BCUT2D eigenvalue weighted by Gasteiger charge is -2.13. The number of aromatic nitrogens is 2. The predicted molar refractivity (Wildman–Crippen MR) is 85.5 cm³/mol. The van der Waals surface area contributed by atoms with Crippen LogP contribution in [0.2, 0.25) is 0 Å². The molecule has 0 bridgehead atoms. The quantitative estimate of drug-likeness (QED) is 0.848. The molecular weight excluding hydrogens is 272 g/mol. The number of aryl methyl sites for hydroxylation is 2. The number of benzene rings is 1. The number of thiocarbonyl (C=S) groups is 1. The van der Waals surface area contributed by atoms with Crippen LogP contribution in [0.3, 0.4) is 0 Å². The summed E-state index contributed by atoms with van der Waals surface area (Å²) in [7, 11) is 1.63. The van der Waals surface area contributed by atoms with E-state index in [0.717, 1.165) is 29.4 Å². The number of hydrogen-bond acceptors (Lipinski definition) is 3. The summed E-state index contributed by atoms with van der Waals surface area (Å²) in [4.78, 5) is 0. The third-order valence-corrected chi connectivity index (χ3v) is 3.01. The van der Waals surface area contributed by atoms with Gasteiger partial charge in [-0.1, -0.05) is 6.07 Å². The second-order valence-corrected chi connectivity index (χ2v) is 4.75. The highest BCUT2D eigenvalue weighted by molar-refractivity contribution is 7.80. The first-order valence-electron chi connectivity index (χ1n) is 6.38. The fraction of sp³-hybridized carbons (Fsp3) is 0.286. The summed E-state index contributed by atoms with van der Waals surface area (Å²) in [6, 6.07) is 7.76. The zero-order valence-corrected chi connectivity index (χ0v) is 12.6. The van der Waals surface area contributed by atoms with E-state index in [2.05, 4.69) is 15.7 Å². The van der Waals surface area contributed by atoms with E-state index in [1.807, 2.05) is 49.0 Å². The number of nitrogens with one attached hydrogen (secondary N) is 2. The maximum atomic E-state index is 5.30. The summed E-state index contributed by atoms with van der Waals surface area (Å²) in [6.07, 6.45) is 1.90. The first-order chi connectivity index (χ1) is 9.62. The van der Waals surface area contributed by atoms with Crippen molar-refractivity contribution in [3.05, 3.63) is 36.0 Å². The van der Waals surface area contributed by atoms with E-state index in [1.165, 1.54) is 0 Å². The third-order valence-electron chi connectivity index (χ3n) is 2.81. The molecule has 2 N–H and O–H groups in total. The van der Waals surface area contributed by atoms with Crippen molar-refractivity contribution in [3.63, 3.8) is 0 Å². The molecule has 6 heteroatoms. The number of anilines is 2. The molecule has 0 aliphatic carbocycles.